The van der Waals surface area contributed by atoms with Gasteiger partial charge in [-0.25, -0.2) is 18.2 Å². The number of carbonyl (C=O) groups is 1. The fourth-order valence-corrected chi connectivity index (χ4v) is 5.90. The maximum Gasteiger partial charge on any atom is 0.264 e. The summed E-state index contributed by atoms with van der Waals surface area (Å²) < 4.78 is 54.9. The third-order valence-electron chi connectivity index (χ3n) is 6.38. The fourth-order valence-electron chi connectivity index (χ4n) is 4.47. The number of amides is 1. The van der Waals surface area contributed by atoms with Gasteiger partial charge in [-0.15, -0.1) is 0 Å². The van der Waals surface area contributed by atoms with Crippen LogP contribution in [0.25, 0.3) is 5.69 Å². The molecule has 4 aromatic rings. The average Bonchev–Trinajstić information content (AvgIpc) is 3.24. The van der Waals surface area contributed by atoms with Crippen LogP contribution in [-0.2, 0) is 14.8 Å². The molecular formula is C29H27FN4O5S. The lowest BCUT2D eigenvalue weighted by Crippen LogP contribution is -2.39. The van der Waals surface area contributed by atoms with Crippen LogP contribution in [0.5, 0.6) is 11.5 Å². The Balaban J connectivity index is 1.37. The van der Waals surface area contributed by atoms with Gasteiger partial charge < -0.3 is 14.0 Å². The van der Waals surface area contributed by atoms with E-state index in [-0.39, 0.29) is 22.9 Å². The number of nitrogens with zero attached hydrogens (tertiary/aromatic N) is 3. The molecule has 2 heterocycles. The molecule has 1 aliphatic rings. The van der Waals surface area contributed by atoms with Crippen molar-refractivity contribution in [2.45, 2.75) is 18.7 Å². The summed E-state index contributed by atoms with van der Waals surface area (Å²) in [5.41, 5.74) is 6.23. The Bertz CT molecular complexity index is 1670. The molecule has 1 N–H and O–H groups in total. The quantitative estimate of drug-likeness (QED) is 0.254. The third kappa shape index (κ3) is 5.55. The Morgan fingerprint density at radius 1 is 1.00 bits per heavy atom. The first-order valence-electron chi connectivity index (χ1n) is 12.5. The van der Waals surface area contributed by atoms with E-state index >= 15 is 0 Å². The van der Waals surface area contributed by atoms with Crippen LogP contribution in [-0.4, -0.2) is 44.9 Å². The summed E-state index contributed by atoms with van der Waals surface area (Å²) in [6.45, 7) is 3.96. The van der Waals surface area contributed by atoms with Gasteiger partial charge in [-0.3, -0.25) is 9.10 Å². The van der Waals surface area contributed by atoms with Crippen LogP contribution in [0.2, 0.25) is 0 Å². The molecule has 0 radical (unpaired) electrons. The lowest BCUT2D eigenvalue weighted by Gasteiger charge is -2.25. The Labute approximate surface area is 231 Å². The zero-order valence-corrected chi connectivity index (χ0v) is 22.7. The number of hydrogen-bond donors (Lipinski definition) is 1. The zero-order valence-electron chi connectivity index (χ0n) is 21.9. The smallest absolute Gasteiger partial charge is 0.264 e. The number of anilines is 1. The number of sulfonamides is 1. The predicted octanol–water partition coefficient (Wildman–Crippen LogP) is 4.35. The molecule has 0 saturated heterocycles. The van der Waals surface area contributed by atoms with E-state index in [1.165, 1.54) is 36.5 Å². The monoisotopic (exact) mass is 562 g/mol. The molecule has 0 spiro atoms. The molecule has 0 fully saturated rings. The van der Waals surface area contributed by atoms with E-state index in [0.29, 0.717) is 12.4 Å². The highest BCUT2D eigenvalue weighted by atomic mass is 32.2. The second-order valence-corrected chi connectivity index (χ2v) is 10.9. The normalized spacial score (nSPS) is 12.9. The van der Waals surface area contributed by atoms with Gasteiger partial charge in [-0.2, -0.15) is 5.10 Å². The first-order valence-corrected chi connectivity index (χ1v) is 13.9. The molecular weight excluding hydrogens is 535 g/mol. The standard InChI is InChI=1S/C29H27FN4O5S/c1-20-16-22(21(2)34(20)25-6-4-3-5-7-25)18-31-32-29(35)19-33(24-10-8-23(30)9-11-24)40(36,37)26-12-13-27-28(17-26)39-15-14-38-27/h3-13,16-18H,14-15,19H2,1-2H3,(H,32,35)/b31-18-. The maximum absolute atomic E-state index is 13.7. The molecule has 1 aromatic heterocycles. The Hall–Kier alpha value is -4.64. The summed E-state index contributed by atoms with van der Waals surface area (Å²) in [5, 5.41) is 4.07. The van der Waals surface area contributed by atoms with E-state index in [4.69, 9.17) is 9.47 Å². The molecule has 0 unspecified atom stereocenters. The first kappa shape index (κ1) is 26.9. The minimum Gasteiger partial charge on any atom is -0.486 e. The highest BCUT2D eigenvalue weighted by Crippen LogP contribution is 2.34. The SMILES string of the molecule is Cc1cc(/C=N\NC(=O)CN(c2ccc(F)cc2)S(=O)(=O)c2ccc3c(c2)OCCO3)c(C)n1-c1ccccc1. The maximum atomic E-state index is 13.7. The van der Waals surface area contributed by atoms with Gasteiger partial charge in [0.05, 0.1) is 16.8 Å². The van der Waals surface area contributed by atoms with Gasteiger partial charge in [0.25, 0.3) is 15.9 Å². The molecule has 206 valence electrons. The molecule has 1 aliphatic heterocycles. The number of hydrazone groups is 1. The van der Waals surface area contributed by atoms with Crippen LogP contribution in [0.15, 0.2) is 88.9 Å². The zero-order chi connectivity index (χ0) is 28.3. The van der Waals surface area contributed by atoms with Crippen LogP contribution in [0, 0.1) is 19.7 Å². The topological polar surface area (TPSA) is 102 Å². The van der Waals surface area contributed by atoms with Crippen LogP contribution >= 0.6 is 0 Å². The van der Waals surface area contributed by atoms with Gasteiger partial charge in [0.2, 0.25) is 0 Å². The first-order chi connectivity index (χ1) is 19.2. The molecule has 0 aliphatic carbocycles. The molecule has 1 amide bonds. The Kier molecular flexibility index (Phi) is 7.56. The molecule has 5 rings (SSSR count). The predicted molar refractivity (Wildman–Crippen MR) is 149 cm³/mol. The van der Waals surface area contributed by atoms with Gasteiger partial charge in [0.15, 0.2) is 11.5 Å². The second-order valence-electron chi connectivity index (χ2n) is 9.08. The largest absolute Gasteiger partial charge is 0.486 e. The highest BCUT2D eigenvalue weighted by molar-refractivity contribution is 7.92. The van der Waals surface area contributed by atoms with Crippen molar-refractivity contribution in [3.05, 3.63) is 102 Å². The number of aromatic nitrogens is 1. The van der Waals surface area contributed by atoms with E-state index in [2.05, 4.69) is 15.1 Å². The summed E-state index contributed by atoms with van der Waals surface area (Å²) in [5.74, 6) is -0.507. The number of hydrogen-bond acceptors (Lipinski definition) is 6. The van der Waals surface area contributed by atoms with Crippen molar-refractivity contribution >= 4 is 27.8 Å². The number of rotatable bonds is 8. The lowest BCUT2D eigenvalue weighted by molar-refractivity contribution is -0.119. The summed E-state index contributed by atoms with van der Waals surface area (Å²) >= 11 is 0. The molecule has 11 heteroatoms. The summed E-state index contributed by atoms with van der Waals surface area (Å²) in [6.07, 6.45) is 1.51. The Morgan fingerprint density at radius 3 is 2.42 bits per heavy atom. The van der Waals surface area contributed by atoms with E-state index in [9.17, 15) is 17.6 Å². The molecule has 9 nitrogen and oxygen atoms in total. The van der Waals surface area contributed by atoms with E-state index < -0.39 is 28.3 Å². The van der Waals surface area contributed by atoms with Crippen LogP contribution in [0.4, 0.5) is 10.1 Å². The van der Waals surface area contributed by atoms with E-state index in [1.807, 2.05) is 50.2 Å². The summed E-state index contributed by atoms with van der Waals surface area (Å²) in [7, 11) is -4.25. The van der Waals surface area contributed by atoms with Crippen LogP contribution in [0.3, 0.4) is 0 Å². The van der Waals surface area contributed by atoms with Gasteiger partial charge >= 0.3 is 0 Å². The van der Waals surface area contributed by atoms with Gasteiger partial charge in [0, 0.05) is 28.7 Å². The van der Waals surface area contributed by atoms with Gasteiger partial charge in [0.1, 0.15) is 25.6 Å². The summed E-state index contributed by atoms with van der Waals surface area (Å²) in [6, 6.07) is 20.8. The van der Waals surface area contributed by atoms with E-state index in [1.54, 1.807) is 0 Å². The number of para-hydroxylation sites is 1. The molecule has 0 bridgehead atoms. The number of halogens is 1. The number of aryl methyl sites for hydroxylation is 1. The Morgan fingerprint density at radius 2 is 1.70 bits per heavy atom. The number of ether oxygens (including phenoxy) is 2. The minimum atomic E-state index is -4.25. The minimum absolute atomic E-state index is 0.106. The molecule has 3 aromatic carbocycles. The lowest BCUT2D eigenvalue weighted by atomic mass is 10.2. The number of fused-ring (bicyclic) bond motifs is 1. The number of nitrogens with one attached hydrogen (secondary N) is 1. The van der Waals surface area contributed by atoms with Crippen molar-refractivity contribution in [1.82, 2.24) is 9.99 Å². The third-order valence-corrected chi connectivity index (χ3v) is 8.15. The number of benzene rings is 3. The van der Waals surface area contributed by atoms with Gasteiger partial charge in [-0.05, 0) is 68.4 Å². The van der Waals surface area contributed by atoms with Gasteiger partial charge in [-0.1, -0.05) is 18.2 Å². The van der Waals surface area contributed by atoms with Crippen molar-refractivity contribution < 1.29 is 27.1 Å². The van der Waals surface area contributed by atoms with Crippen molar-refractivity contribution in [2.75, 3.05) is 24.1 Å². The van der Waals surface area contributed by atoms with Crippen molar-refractivity contribution in [3.8, 4) is 17.2 Å². The van der Waals surface area contributed by atoms with Crippen LogP contribution in [0.1, 0.15) is 17.0 Å². The average molecular weight is 563 g/mol. The molecule has 0 saturated carbocycles. The fraction of sp³-hybridized carbons (Fsp3) is 0.172. The van der Waals surface area contributed by atoms with E-state index in [0.717, 1.165) is 39.1 Å². The van der Waals surface area contributed by atoms with Crippen LogP contribution < -0.4 is 19.2 Å². The molecule has 40 heavy (non-hydrogen) atoms. The van der Waals surface area contributed by atoms with Crippen molar-refractivity contribution in [3.63, 3.8) is 0 Å². The highest BCUT2D eigenvalue weighted by Gasteiger charge is 2.29. The second kappa shape index (κ2) is 11.2. The van der Waals surface area contributed by atoms with Crippen molar-refractivity contribution in [2.24, 2.45) is 5.10 Å². The van der Waals surface area contributed by atoms with Crippen molar-refractivity contribution in [1.29, 1.82) is 0 Å². The number of carbonyl (C=O) groups excluding carboxylic acids is 1. The summed E-state index contributed by atoms with van der Waals surface area (Å²) in [4.78, 5) is 12.8. The molecule has 0 atom stereocenters.